The quantitative estimate of drug-likeness (QED) is 0.444. The Balaban J connectivity index is 0.000000351. The monoisotopic (exact) mass is 368 g/mol. The number of hydrogen-bond acceptors (Lipinski definition) is 1. The summed E-state index contributed by atoms with van der Waals surface area (Å²) in [4.78, 5) is 0. The van der Waals surface area contributed by atoms with Crippen LogP contribution < -0.4 is 8.96 Å². The second-order valence-electron chi connectivity index (χ2n) is 5.11. The Bertz CT molecular complexity index is 682. The molecule has 0 N–H and O–H groups in total. The van der Waals surface area contributed by atoms with Crippen LogP contribution in [-0.4, -0.2) is 6.98 Å². The summed E-state index contributed by atoms with van der Waals surface area (Å²) in [6.07, 6.45) is 7.71. The van der Waals surface area contributed by atoms with E-state index in [1.165, 1.54) is 11.1 Å². The van der Waals surface area contributed by atoms with Crippen LogP contribution in [0.4, 0.5) is 25.2 Å². The molecule has 0 aliphatic rings. The van der Waals surface area contributed by atoms with Crippen LogP contribution in [0.15, 0.2) is 49.1 Å². The molecule has 2 aromatic heterocycles. The molecule has 3 nitrogen and oxygen atoms in total. The van der Waals surface area contributed by atoms with Crippen LogP contribution in [0.25, 0.3) is 0 Å². The van der Waals surface area contributed by atoms with E-state index >= 15 is 0 Å². The SMILES string of the molecule is Cc1cc[n+]([B-](C#N)[n+]2ccc(C)cc2)cc1.F[P-](F)(F)(F)(F)F. The maximum absolute atomic E-state index is 10.7. The van der Waals surface area contributed by atoms with Crippen molar-refractivity contribution in [1.29, 1.82) is 5.26 Å². The average Bonchev–Trinajstić information content (AvgIpc) is 2.40. The second kappa shape index (κ2) is 6.06. The van der Waals surface area contributed by atoms with Gasteiger partial charge in [0.1, 0.15) is 24.8 Å². The van der Waals surface area contributed by atoms with Crippen LogP contribution in [0.2, 0.25) is 0 Å². The molecule has 0 fully saturated rings. The van der Waals surface area contributed by atoms with Crippen molar-refractivity contribution in [3.8, 4) is 5.97 Å². The number of pyridine rings is 2. The third-order valence-electron chi connectivity index (χ3n) is 2.72. The van der Waals surface area contributed by atoms with Gasteiger partial charge in [-0.25, -0.2) is 5.26 Å². The summed E-state index contributed by atoms with van der Waals surface area (Å²) >= 11 is 0. The first kappa shape index (κ1) is 19.9. The number of aromatic nitrogens is 2. The topological polar surface area (TPSA) is 31.5 Å². The molecule has 0 spiro atoms. The van der Waals surface area contributed by atoms with Crippen LogP contribution in [0.1, 0.15) is 11.1 Å². The van der Waals surface area contributed by atoms with Gasteiger partial charge in [-0.15, -0.1) is 0 Å². The molecule has 2 rings (SSSR count). The van der Waals surface area contributed by atoms with Crippen LogP contribution in [0.5, 0.6) is 0 Å². The molecule has 0 saturated carbocycles. The number of rotatable bonds is 2. The second-order valence-corrected chi connectivity index (χ2v) is 7.02. The van der Waals surface area contributed by atoms with Crippen LogP contribution >= 0.6 is 7.81 Å². The molecular formula is C13H14BF6N3P. The van der Waals surface area contributed by atoms with E-state index in [2.05, 4.69) is 5.97 Å². The zero-order valence-electron chi connectivity index (χ0n) is 12.8. The van der Waals surface area contributed by atoms with E-state index < -0.39 is 7.81 Å². The van der Waals surface area contributed by atoms with Crippen molar-refractivity contribution >= 4 is 14.8 Å². The Labute approximate surface area is 135 Å². The van der Waals surface area contributed by atoms with E-state index in [0.29, 0.717) is 0 Å². The summed E-state index contributed by atoms with van der Waals surface area (Å²) < 4.78 is 63.0. The zero-order chi connectivity index (χ0) is 18.7. The van der Waals surface area contributed by atoms with Crippen molar-refractivity contribution in [2.75, 3.05) is 0 Å². The van der Waals surface area contributed by atoms with Crippen molar-refractivity contribution in [1.82, 2.24) is 0 Å². The van der Waals surface area contributed by atoms with Crippen molar-refractivity contribution in [3.63, 3.8) is 0 Å². The van der Waals surface area contributed by atoms with Gasteiger partial charge in [0.2, 0.25) is 0 Å². The predicted molar refractivity (Wildman–Crippen MR) is 78.5 cm³/mol. The van der Waals surface area contributed by atoms with Crippen LogP contribution in [-0.2, 0) is 0 Å². The minimum atomic E-state index is -10.7. The molecule has 24 heavy (non-hydrogen) atoms. The van der Waals surface area contributed by atoms with Gasteiger partial charge in [0.05, 0.1) is 0 Å². The summed E-state index contributed by atoms with van der Waals surface area (Å²) in [5.74, 6) is 2.30. The molecule has 0 atom stereocenters. The Morgan fingerprint density at radius 2 is 1.04 bits per heavy atom. The molecular weight excluding hydrogens is 354 g/mol. The number of hydrogen-bond donors (Lipinski definition) is 0. The molecule has 11 heteroatoms. The van der Waals surface area contributed by atoms with Gasteiger partial charge >= 0.3 is 40.0 Å². The fourth-order valence-electron chi connectivity index (χ4n) is 1.64. The minimum absolute atomic E-state index is 0.337. The van der Waals surface area contributed by atoms with Gasteiger partial charge in [0, 0.05) is 24.3 Å². The molecule has 0 saturated heterocycles. The Morgan fingerprint density at radius 3 is 1.25 bits per heavy atom. The molecule has 2 aromatic rings. The predicted octanol–water partition coefficient (Wildman–Crippen LogP) is 4.21. The molecule has 0 aliphatic heterocycles. The third-order valence-corrected chi connectivity index (χ3v) is 2.72. The summed E-state index contributed by atoms with van der Waals surface area (Å²) in [5.41, 5.74) is 2.37. The molecule has 0 amide bonds. The average molecular weight is 368 g/mol. The van der Waals surface area contributed by atoms with Gasteiger partial charge in [0.15, 0.2) is 0 Å². The first-order valence-corrected chi connectivity index (χ1v) is 8.59. The van der Waals surface area contributed by atoms with Crippen molar-refractivity contribution in [2.45, 2.75) is 13.8 Å². The van der Waals surface area contributed by atoms with E-state index in [-0.39, 0.29) is 6.98 Å². The number of nitrogens with zero attached hydrogens (tertiary/aromatic N) is 3. The van der Waals surface area contributed by atoms with E-state index in [1.807, 2.05) is 71.9 Å². The third kappa shape index (κ3) is 9.11. The fourth-order valence-corrected chi connectivity index (χ4v) is 1.64. The molecule has 131 valence electrons. The first-order valence-electron chi connectivity index (χ1n) is 6.56. The van der Waals surface area contributed by atoms with Crippen molar-refractivity contribution < 1.29 is 34.1 Å². The Kier molecular flexibility index (Phi) is 5.03. The standard InChI is InChI=1S/C13H14BN3.F6P/c1-12-3-7-16(8-4-12)14(11-15)17-9-5-13(2)6-10-17;1-7(2,3,4,5)6/h3-10H,1-2H3;/q+1;-1. The van der Waals surface area contributed by atoms with Crippen LogP contribution in [0, 0.1) is 25.1 Å². The molecule has 1 radical (unpaired) electrons. The Morgan fingerprint density at radius 1 is 0.792 bits per heavy atom. The van der Waals surface area contributed by atoms with Crippen LogP contribution in [0.3, 0.4) is 0 Å². The first-order chi connectivity index (χ1) is 10.7. The van der Waals surface area contributed by atoms with Gasteiger partial charge in [-0.1, -0.05) is 0 Å². The van der Waals surface area contributed by atoms with Crippen molar-refractivity contribution in [2.24, 2.45) is 0 Å². The Hall–Kier alpha value is -2.14. The van der Waals surface area contributed by atoms with Crippen molar-refractivity contribution in [3.05, 3.63) is 60.2 Å². The van der Waals surface area contributed by atoms with E-state index in [1.54, 1.807) is 0 Å². The van der Waals surface area contributed by atoms with Gasteiger partial charge in [-0.05, 0) is 30.9 Å². The summed E-state index contributed by atoms with van der Waals surface area (Å²) in [5, 5.41) is 9.28. The normalized spacial score (nSPS) is 14.0. The van der Waals surface area contributed by atoms with Gasteiger partial charge < -0.3 is 8.96 Å². The fraction of sp³-hybridized carbons (Fsp3) is 0.154. The maximum atomic E-state index is 9.87. The van der Waals surface area contributed by atoms with E-state index in [4.69, 9.17) is 0 Å². The summed E-state index contributed by atoms with van der Waals surface area (Å²) in [7, 11) is -10.7. The summed E-state index contributed by atoms with van der Waals surface area (Å²) in [6, 6.07) is 8.00. The zero-order valence-corrected chi connectivity index (χ0v) is 13.6. The number of halogens is 6. The van der Waals surface area contributed by atoms with E-state index in [0.717, 1.165) is 0 Å². The van der Waals surface area contributed by atoms with E-state index in [9.17, 15) is 30.4 Å². The van der Waals surface area contributed by atoms with Gasteiger partial charge in [-0.3, -0.25) is 0 Å². The van der Waals surface area contributed by atoms with Gasteiger partial charge in [0.25, 0.3) is 0 Å². The molecule has 2 heterocycles. The number of aryl methyl sites for hydroxylation is 2. The molecule has 0 unspecified atom stereocenters. The molecule has 0 aromatic carbocycles. The van der Waals surface area contributed by atoms with Gasteiger partial charge in [-0.2, -0.15) is 0 Å². The molecule has 0 bridgehead atoms. The molecule has 0 aliphatic carbocycles. The summed E-state index contributed by atoms with van der Waals surface area (Å²) in [6.45, 7) is 3.73. The number of nitriles is 1.